The van der Waals surface area contributed by atoms with E-state index in [0.717, 1.165) is 9.21 Å². The molecule has 1 atom stereocenters. The van der Waals surface area contributed by atoms with Crippen LogP contribution in [0, 0.1) is 0 Å². The molecule has 1 amide bonds. The molecule has 0 aromatic carbocycles. The van der Waals surface area contributed by atoms with E-state index < -0.39 is 0 Å². The standard InChI is InChI=1S/C10H11ClN4OS/c1-7(15-6-12-5-14-15)10(16)13-4-8-2-3-9(11)17-8/h2-3,5-7H,4H2,1H3,(H,13,16). The highest BCUT2D eigenvalue weighted by molar-refractivity contribution is 7.16. The molecule has 2 heterocycles. The molecule has 0 radical (unpaired) electrons. The number of amides is 1. The van der Waals surface area contributed by atoms with Crippen molar-refractivity contribution in [2.24, 2.45) is 0 Å². The van der Waals surface area contributed by atoms with Crippen molar-refractivity contribution in [1.82, 2.24) is 20.1 Å². The molecule has 2 rings (SSSR count). The van der Waals surface area contributed by atoms with E-state index in [1.54, 1.807) is 6.92 Å². The number of thiophene rings is 1. The molecule has 0 bridgehead atoms. The molecule has 0 aliphatic rings. The average molecular weight is 271 g/mol. The van der Waals surface area contributed by atoms with E-state index in [1.165, 1.54) is 28.7 Å². The summed E-state index contributed by atoms with van der Waals surface area (Å²) in [5.74, 6) is -0.0972. The lowest BCUT2D eigenvalue weighted by Crippen LogP contribution is -2.30. The Kier molecular flexibility index (Phi) is 3.75. The lowest BCUT2D eigenvalue weighted by atomic mass is 10.3. The number of nitrogens with zero attached hydrogens (tertiary/aromatic N) is 3. The van der Waals surface area contributed by atoms with Crippen LogP contribution in [0.2, 0.25) is 4.34 Å². The number of hydrogen-bond donors (Lipinski definition) is 1. The molecule has 17 heavy (non-hydrogen) atoms. The molecule has 2 aromatic heterocycles. The highest BCUT2D eigenvalue weighted by Gasteiger charge is 2.14. The first-order valence-electron chi connectivity index (χ1n) is 5.03. The molecule has 7 heteroatoms. The van der Waals surface area contributed by atoms with Crippen molar-refractivity contribution in [2.75, 3.05) is 0 Å². The lowest BCUT2D eigenvalue weighted by Gasteiger charge is -2.11. The van der Waals surface area contributed by atoms with E-state index >= 15 is 0 Å². The molecule has 0 fully saturated rings. The lowest BCUT2D eigenvalue weighted by molar-refractivity contribution is -0.124. The van der Waals surface area contributed by atoms with Crippen molar-refractivity contribution in [3.8, 4) is 0 Å². The quantitative estimate of drug-likeness (QED) is 0.923. The van der Waals surface area contributed by atoms with Gasteiger partial charge in [0.1, 0.15) is 18.7 Å². The normalized spacial score (nSPS) is 12.4. The minimum atomic E-state index is -0.368. The maximum atomic E-state index is 11.8. The van der Waals surface area contributed by atoms with Gasteiger partial charge in [0.25, 0.3) is 0 Å². The fourth-order valence-electron chi connectivity index (χ4n) is 1.31. The summed E-state index contributed by atoms with van der Waals surface area (Å²) < 4.78 is 2.23. The van der Waals surface area contributed by atoms with Gasteiger partial charge in [0.2, 0.25) is 5.91 Å². The minimum absolute atomic E-state index is 0.0972. The topological polar surface area (TPSA) is 59.8 Å². The summed E-state index contributed by atoms with van der Waals surface area (Å²) in [5.41, 5.74) is 0. The largest absolute Gasteiger partial charge is 0.349 e. The third-order valence-electron chi connectivity index (χ3n) is 2.28. The van der Waals surface area contributed by atoms with Crippen LogP contribution in [0.4, 0.5) is 0 Å². The third-order valence-corrected chi connectivity index (χ3v) is 3.51. The first-order valence-corrected chi connectivity index (χ1v) is 6.22. The van der Waals surface area contributed by atoms with Crippen LogP contribution in [-0.2, 0) is 11.3 Å². The average Bonchev–Trinajstić information content (AvgIpc) is 2.95. The van der Waals surface area contributed by atoms with Gasteiger partial charge in [-0.3, -0.25) is 4.79 Å². The number of hydrogen-bond acceptors (Lipinski definition) is 4. The van der Waals surface area contributed by atoms with Crippen LogP contribution in [0.3, 0.4) is 0 Å². The van der Waals surface area contributed by atoms with Gasteiger partial charge < -0.3 is 5.32 Å². The van der Waals surface area contributed by atoms with Crippen molar-refractivity contribution in [2.45, 2.75) is 19.5 Å². The Morgan fingerprint density at radius 3 is 3.06 bits per heavy atom. The van der Waals surface area contributed by atoms with E-state index in [1.807, 2.05) is 12.1 Å². The summed E-state index contributed by atoms with van der Waals surface area (Å²) in [5, 5.41) is 6.75. The van der Waals surface area contributed by atoms with Crippen LogP contribution in [0.15, 0.2) is 24.8 Å². The van der Waals surface area contributed by atoms with Crippen molar-refractivity contribution in [1.29, 1.82) is 0 Å². The van der Waals surface area contributed by atoms with E-state index in [9.17, 15) is 4.79 Å². The Morgan fingerprint density at radius 1 is 1.65 bits per heavy atom. The number of nitrogens with one attached hydrogen (secondary N) is 1. The summed E-state index contributed by atoms with van der Waals surface area (Å²) >= 11 is 7.26. The number of carbonyl (C=O) groups is 1. The smallest absolute Gasteiger partial charge is 0.244 e. The summed E-state index contributed by atoms with van der Waals surface area (Å²) in [7, 11) is 0. The summed E-state index contributed by atoms with van der Waals surface area (Å²) in [4.78, 5) is 16.6. The molecule has 0 aliphatic heterocycles. The second-order valence-electron chi connectivity index (χ2n) is 3.48. The van der Waals surface area contributed by atoms with Crippen LogP contribution in [0.25, 0.3) is 0 Å². The number of rotatable bonds is 4. The van der Waals surface area contributed by atoms with E-state index in [4.69, 9.17) is 11.6 Å². The molecule has 1 unspecified atom stereocenters. The zero-order chi connectivity index (χ0) is 12.3. The first kappa shape index (κ1) is 12.1. The Bertz CT molecular complexity index is 496. The fourth-order valence-corrected chi connectivity index (χ4v) is 2.33. The Hall–Kier alpha value is -1.40. The molecule has 2 aromatic rings. The molecule has 0 aliphatic carbocycles. The second kappa shape index (κ2) is 5.29. The molecule has 0 saturated heterocycles. The van der Waals surface area contributed by atoms with Crippen molar-refractivity contribution < 1.29 is 4.79 Å². The summed E-state index contributed by atoms with van der Waals surface area (Å²) in [6.45, 7) is 2.25. The monoisotopic (exact) mass is 270 g/mol. The van der Waals surface area contributed by atoms with Gasteiger partial charge in [0.15, 0.2) is 0 Å². The van der Waals surface area contributed by atoms with E-state index in [0.29, 0.717) is 6.54 Å². The van der Waals surface area contributed by atoms with Crippen molar-refractivity contribution in [3.63, 3.8) is 0 Å². The van der Waals surface area contributed by atoms with Gasteiger partial charge in [-0.05, 0) is 19.1 Å². The van der Waals surface area contributed by atoms with Crippen LogP contribution in [-0.4, -0.2) is 20.7 Å². The Morgan fingerprint density at radius 2 is 2.47 bits per heavy atom. The van der Waals surface area contributed by atoms with Crippen LogP contribution in [0.5, 0.6) is 0 Å². The second-order valence-corrected chi connectivity index (χ2v) is 5.27. The van der Waals surface area contributed by atoms with Gasteiger partial charge in [0, 0.05) is 4.88 Å². The number of carbonyl (C=O) groups excluding carboxylic acids is 1. The number of aromatic nitrogens is 3. The maximum absolute atomic E-state index is 11.8. The highest BCUT2D eigenvalue weighted by atomic mass is 35.5. The zero-order valence-electron chi connectivity index (χ0n) is 9.13. The molecular weight excluding hydrogens is 260 g/mol. The first-order chi connectivity index (χ1) is 8.16. The van der Waals surface area contributed by atoms with Crippen LogP contribution >= 0.6 is 22.9 Å². The zero-order valence-corrected chi connectivity index (χ0v) is 10.7. The molecule has 1 N–H and O–H groups in total. The van der Waals surface area contributed by atoms with Crippen molar-refractivity contribution >= 4 is 28.8 Å². The van der Waals surface area contributed by atoms with Gasteiger partial charge in [-0.1, -0.05) is 11.6 Å². The molecule has 0 saturated carbocycles. The van der Waals surface area contributed by atoms with E-state index in [-0.39, 0.29) is 11.9 Å². The minimum Gasteiger partial charge on any atom is -0.349 e. The van der Waals surface area contributed by atoms with Gasteiger partial charge in [0.05, 0.1) is 10.9 Å². The van der Waals surface area contributed by atoms with Crippen LogP contribution in [0.1, 0.15) is 17.8 Å². The Labute approximate surface area is 107 Å². The summed E-state index contributed by atoms with van der Waals surface area (Å²) in [6.07, 6.45) is 2.93. The number of halogens is 1. The van der Waals surface area contributed by atoms with Crippen molar-refractivity contribution in [3.05, 3.63) is 34.0 Å². The maximum Gasteiger partial charge on any atom is 0.244 e. The van der Waals surface area contributed by atoms with Gasteiger partial charge in [-0.2, -0.15) is 5.10 Å². The highest BCUT2D eigenvalue weighted by Crippen LogP contribution is 2.21. The van der Waals surface area contributed by atoms with E-state index in [2.05, 4.69) is 15.4 Å². The summed E-state index contributed by atoms with van der Waals surface area (Å²) in [6, 6.07) is 3.34. The SMILES string of the molecule is CC(C(=O)NCc1ccc(Cl)s1)n1cncn1. The van der Waals surface area contributed by atoms with Gasteiger partial charge >= 0.3 is 0 Å². The third kappa shape index (κ3) is 3.04. The predicted octanol–water partition coefficient (Wildman–Crippen LogP) is 1.87. The van der Waals surface area contributed by atoms with Gasteiger partial charge in [-0.15, -0.1) is 11.3 Å². The molecular formula is C10H11ClN4OS. The molecule has 90 valence electrons. The fraction of sp³-hybridized carbons (Fsp3) is 0.300. The Balaban J connectivity index is 1.89. The van der Waals surface area contributed by atoms with Gasteiger partial charge in [-0.25, -0.2) is 9.67 Å². The molecule has 5 nitrogen and oxygen atoms in total. The van der Waals surface area contributed by atoms with Crippen LogP contribution < -0.4 is 5.32 Å². The molecule has 0 spiro atoms. The predicted molar refractivity (Wildman–Crippen MR) is 65.9 cm³/mol.